The SMILES string of the molecule is CCCc1nc(-c2cc(N)c(F)c(C)c2C(F)(F)F)c(F)c2nc(N3CC(C#N)C3)nc(NC(C)NCCC(C)C)c12. The average Bonchev–Trinajstić information content (AvgIpc) is 2.87. The van der Waals surface area contributed by atoms with Crippen molar-refractivity contribution in [1.82, 2.24) is 20.3 Å². The molecule has 0 saturated carbocycles. The molecule has 1 fully saturated rings. The quantitative estimate of drug-likeness (QED) is 0.146. The van der Waals surface area contributed by atoms with Gasteiger partial charge in [0.1, 0.15) is 22.8 Å². The van der Waals surface area contributed by atoms with Crippen LogP contribution < -0.4 is 21.3 Å². The van der Waals surface area contributed by atoms with Gasteiger partial charge in [-0.1, -0.05) is 27.2 Å². The number of hydrogen-bond acceptors (Lipinski definition) is 8. The van der Waals surface area contributed by atoms with Crippen molar-refractivity contribution in [2.24, 2.45) is 11.8 Å². The molecule has 226 valence electrons. The number of fused-ring (bicyclic) bond motifs is 1. The van der Waals surface area contributed by atoms with E-state index in [1.807, 2.05) is 13.8 Å². The van der Waals surface area contributed by atoms with E-state index in [4.69, 9.17) is 5.73 Å². The minimum Gasteiger partial charge on any atom is -0.396 e. The lowest BCUT2D eigenvalue weighted by Gasteiger charge is -2.35. The molecule has 1 saturated heterocycles. The third-order valence-electron chi connectivity index (χ3n) is 7.27. The highest BCUT2D eigenvalue weighted by molar-refractivity contribution is 5.95. The Morgan fingerprint density at radius 2 is 1.83 bits per heavy atom. The van der Waals surface area contributed by atoms with Gasteiger partial charge in [0.05, 0.1) is 40.5 Å². The summed E-state index contributed by atoms with van der Waals surface area (Å²) in [5.74, 6) is -1.69. The lowest BCUT2D eigenvalue weighted by atomic mass is 9.95. The summed E-state index contributed by atoms with van der Waals surface area (Å²) < 4.78 is 73.6. The van der Waals surface area contributed by atoms with E-state index in [0.29, 0.717) is 37.7 Å². The molecule has 1 aliphatic heterocycles. The van der Waals surface area contributed by atoms with Crippen molar-refractivity contribution in [2.75, 3.05) is 35.6 Å². The van der Waals surface area contributed by atoms with Gasteiger partial charge in [-0.25, -0.2) is 18.7 Å². The van der Waals surface area contributed by atoms with Gasteiger partial charge in [-0.15, -0.1) is 0 Å². The molecule has 8 nitrogen and oxygen atoms in total. The second-order valence-corrected chi connectivity index (χ2v) is 11.1. The second kappa shape index (κ2) is 12.2. The van der Waals surface area contributed by atoms with Gasteiger partial charge in [-0.2, -0.15) is 23.4 Å². The molecule has 0 amide bonds. The van der Waals surface area contributed by atoms with Crippen LogP contribution in [0.1, 0.15) is 57.4 Å². The fourth-order valence-corrected chi connectivity index (χ4v) is 5.01. The first kappa shape index (κ1) is 31.2. The maximum absolute atomic E-state index is 16.5. The Labute approximate surface area is 241 Å². The molecule has 1 aliphatic rings. The number of nitriles is 1. The Morgan fingerprint density at radius 3 is 2.43 bits per heavy atom. The number of nitrogens with one attached hydrogen (secondary N) is 2. The third kappa shape index (κ3) is 6.18. The Bertz CT molecular complexity index is 1510. The molecular formula is C29H35F5N8. The van der Waals surface area contributed by atoms with Crippen LogP contribution in [0, 0.1) is 41.7 Å². The number of benzene rings is 1. The minimum absolute atomic E-state index is 0.134. The Hall–Kier alpha value is -3.79. The highest BCUT2D eigenvalue weighted by Crippen LogP contribution is 2.44. The minimum atomic E-state index is -5.01. The first-order valence-corrected chi connectivity index (χ1v) is 14.0. The van der Waals surface area contributed by atoms with Gasteiger partial charge in [-0.3, -0.25) is 5.32 Å². The summed E-state index contributed by atoms with van der Waals surface area (Å²) in [5, 5.41) is 16.1. The maximum Gasteiger partial charge on any atom is 0.417 e. The fourth-order valence-electron chi connectivity index (χ4n) is 5.01. The number of hydrogen-bond donors (Lipinski definition) is 3. The first-order chi connectivity index (χ1) is 19.8. The lowest BCUT2D eigenvalue weighted by molar-refractivity contribution is -0.137. The molecule has 3 aromatic rings. The number of nitrogens with two attached hydrogens (primary N) is 1. The van der Waals surface area contributed by atoms with E-state index in [9.17, 15) is 22.8 Å². The van der Waals surface area contributed by atoms with Crippen LogP contribution in [0.3, 0.4) is 0 Å². The summed E-state index contributed by atoms with van der Waals surface area (Å²) in [6, 6.07) is 2.94. The van der Waals surface area contributed by atoms with Crippen LogP contribution in [0.15, 0.2) is 6.07 Å². The zero-order valence-electron chi connectivity index (χ0n) is 24.3. The van der Waals surface area contributed by atoms with E-state index >= 15 is 4.39 Å². The highest BCUT2D eigenvalue weighted by Gasteiger charge is 2.39. The van der Waals surface area contributed by atoms with Crippen LogP contribution in [-0.2, 0) is 12.6 Å². The summed E-state index contributed by atoms with van der Waals surface area (Å²) in [7, 11) is 0. The van der Waals surface area contributed by atoms with Gasteiger partial charge in [0, 0.05) is 18.7 Å². The van der Waals surface area contributed by atoms with Crippen molar-refractivity contribution in [1.29, 1.82) is 5.26 Å². The van der Waals surface area contributed by atoms with Crippen molar-refractivity contribution < 1.29 is 22.0 Å². The Kier molecular flexibility index (Phi) is 9.06. The van der Waals surface area contributed by atoms with Crippen LogP contribution in [0.5, 0.6) is 0 Å². The second-order valence-electron chi connectivity index (χ2n) is 11.1. The van der Waals surface area contributed by atoms with Gasteiger partial charge in [0.25, 0.3) is 0 Å². The van der Waals surface area contributed by atoms with Crippen LogP contribution in [0.4, 0.5) is 39.4 Å². The Balaban J connectivity index is 1.97. The van der Waals surface area contributed by atoms with Gasteiger partial charge in [0.2, 0.25) is 5.95 Å². The topological polar surface area (TPSA) is 116 Å². The standard InChI is InChI=1S/C29H35F5N8/c1-6-7-20-21-26(24(31)25(39-20)18-10-19(36)23(30)15(4)22(18)29(32,33)34)40-28(42-12-17(11-35)13-42)41-27(21)38-16(5)37-9-8-14(2)3/h10,14,16-17,37H,6-9,12-13,36H2,1-5H3,(H,38,40,41). The van der Waals surface area contributed by atoms with Crippen LogP contribution in [0.25, 0.3) is 22.2 Å². The Morgan fingerprint density at radius 1 is 1.14 bits per heavy atom. The predicted molar refractivity (Wildman–Crippen MR) is 153 cm³/mol. The monoisotopic (exact) mass is 590 g/mol. The molecule has 3 heterocycles. The summed E-state index contributed by atoms with van der Waals surface area (Å²) in [6.07, 6.45) is -3.55. The molecule has 0 aliphatic carbocycles. The van der Waals surface area contributed by atoms with Crippen molar-refractivity contribution >= 4 is 28.4 Å². The number of halogens is 5. The summed E-state index contributed by atoms with van der Waals surface area (Å²) in [6.45, 7) is 10.3. The zero-order valence-corrected chi connectivity index (χ0v) is 24.3. The molecule has 13 heteroatoms. The van der Waals surface area contributed by atoms with Gasteiger partial charge in [-0.05, 0) is 50.8 Å². The number of rotatable bonds is 10. The number of aromatic nitrogens is 3. The number of anilines is 3. The van der Waals surface area contributed by atoms with E-state index in [1.165, 1.54) is 0 Å². The number of nitrogen functional groups attached to an aromatic ring is 1. The number of pyridine rings is 1. The van der Waals surface area contributed by atoms with E-state index in [-0.39, 0.29) is 41.2 Å². The van der Waals surface area contributed by atoms with Crippen molar-refractivity contribution in [3.63, 3.8) is 0 Å². The molecule has 0 bridgehead atoms. The van der Waals surface area contributed by atoms with E-state index in [0.717, 1.165) is 19.4 Å². The molecule has 42 heavy (non-hydrogen) atoms. The summed E-state index contributed by atoms with van der Waals surface area (Å²) in [5.41, 5.74) is 1.85. The normalized spacial score (nSPS) is 14.8. The zero-order chi connectivity index (χ0) is 30.9. The molecule has 1 unspecified atom stereocenters. The predicted octanol–water partition coefficient (Wildman–Crippen LogP) is 6.19. The molecule has 1 aromatic carbocycles. The van der Waals surface area contributed by atoms with Crippen molar-refractivity contribution in [3.05, 3.63) is 34.5 Å². The smallest absolute Gasteiger partial charge is 0.396 e. The van der Waals surface area contributed by atoms with Gasteiger partial charge < -0.3 is 16.0 Å². The number of aryl methyl sites for hydroxylation is 1. The largest absolute Gasteiger partial charge is 0.417 e. The summed E-state index contributed by atoms with van der Waals surface area (Å²) >= 11 is 0. The van der Waals surface area contributed by atoms with Crippen molar-refractivity contribution in [3.8, 4) is 17.3 Å². The fraction of sp³-hybridized carbons (Fsp3) is 0.517. The van der Waals surface area contributed by atoms with Crippen molar-refractivity contribution in [2.45, 2.75) is 66.2 Å². The van der Waals surface area contributed by atoms with Crippen LogP contribution >= 0.6 is 0 Å². The van der Waals surface area contributed by atoms with Crippen LogP contribution in [0.2, 0.25) is 0 Å². The maximum atomic E-state index is 16.5. The molecular weight excluding hydrogens is 555 g/mol. The molecule has 2 aromatic heterocycles. The van der Waals surface area contributed by atoms with E-state index < -0.39 is 45.9 Å². The van der Waals surface area contributed by atoms with Gasteiger partial charge >= 0.3 is 6.18 Å². The first-order valence-electron chi connectivity index (χ1n) is 14.0. The molecule has 0 spiro atoms. The van der Waals surface area contributed by atoms with E-state index in [2.05, 4.69) is 45.5 Å². The summed E-state index contributed by atoms with van der Waals surface area (Å²) in [4.78, 5) is 15.2. The molecule has 4 rings (SSSR count). The average molecular weight is 591 g/mol. The van der Waals surface area contributed by atoms with Crippen LogP contribution in [-0.4, -0.2) is 40.8 Å². The van der Waals surface area contributed by atoms with E-state index in [1.54, 1.807) is 4.90 Å². The van der Waals surface area contributed by atoms with Gasteiger partial charge in [0.15, 0.2) is 5.82 Å². The number of nitrogens with zero attached hydrogens (tertiary/aromatic N) is 5. The molecule has 0 radical (unpaired) electrons. The highest BCUT2D eigenvalue weighted by atomic mass is 19.4. The molecule has 4 N–H and O–H groups in total. The lowest BCUT2D eigenvalue weighted by Crippen LogP contribution is -2.47. The molecule has 1 atom stereocenters. The number of alkyl halides is 3. The third-order valence-corrected chi connectivity index (χ3v) is 7.27.